The largest absolute Gasteiger partial charge is 0.322 e. The van der Waals surface area contributed by atoms with Gasteiger partial charge in [-0.15, -0.1) is 11.3 Å². The summed E-state index contributed by atoms with van der Waals surface area (Å²) in [5.41, 5.74) is 11.1. The van der Waals surface area contributed by atoms with Crippen LogP contribution in [0.4, 0.5) is 0 Å². The molecule has 2 aromatic heterocycles. The van der Waals surface area contributed by atoms with Crippen molar-refractivity contribution in [2.24, 2.45) is 5.73 Å². The SMILES string of the molecule is Cc1cnc(C(N)Cc2csc3ccccc23)c(C)c1. The van der Waals surface area contributed by atoms with E-state index in [0.29, 0.717) is 0 Å². The topological polar surface area (TPSA) is 38.9 Å². The second-order valence-electron chi connectivity index (χ2n) is 5.28. The lowest BCUT2D eigenvalue weighted by Crippen LogP contribution is -2.16. The van der Waals surface area contributed by atoms with E-state index in [4.69, 9.17) is 5.73 Å². The summed E-state index contributed by atoms with van der Waals surface area (Å²) < 4.78 is 1.32. The molecule has 0 bridgehead atoms. The van der Waals surface area contributed by atoms with Crippen LogP contribution >= 0.6 is 11.3 Å². The van der Waals surface area contributed by atoms with Crippen LogP contribution in [0.1, 0.15) is 28.4 Å². The molecule has 0 fully saturated rings. The molecule has 3 heteroatoms. The maximum Gasteiger partial charge on any atom is 0.0603 e. The van der Waals surface area contributed by atoms with Crippen molar-refractivity contribution in [2.45, 2.75) is 26.3 Å². The van der Waals surface area contributed by atoms with E-state index in [-0.39, 0.29) is 6.04 Å². The molecule has 0 aliphatic heterocycles. The summed E-state index contributed by atoms with van der Waals surface area (Å²) in [4.78, 5) is 4.52. The molecule has 1 unspecified atom stereocenters. The molecule has 0 aliphatic rings. The van der Waals surface area contributed by atoms with Crippen LogP contribution in [0, 0.1) is 13.8 Å². The van der Waals surface area contributed by atoms with Gasteiger partial charge in [0.2, 0.25) is 0 Å². The molecule has 20 heavy (non-hydrogen) atoms. The van der Waals surface area contributed by atoms with Crippen LogP contribution in [0.15, 0.2) is 41.9 Å². The van der Waals surface area contributed by atoms with Crippen LogP contribution < -0.4 is 5.73 Å². The normalized spacial score (nSPS) is 12.8. The number of fused-ring (bicyclic) bond motifs is 1. The van der Waals surface area contributed by atoms with Gasteiger partial charge in [-0.25, -0.2) is 0 Å². The third kappa shape index (κ3) is 2.47. The molecular formula is C17H18N2S. The molecule has 0 radical (unpaired) electrons. The van der Waals surface area contributed by atoms with Crippen molar-refractivity contribution >= 4 is 21.4 Å². The van der Waals surface area contributed by atoms with Crippen molar-refractivity contribution < 1.29 is 0 Å². The number of nitrogens with two attached hydrogens (primary N) is 1. The quantitative estimate of drug-likeness (QED) is 0.783. The molecule has 2 heterocycles. The molecule has 102 valence electrons. The van der Waals surface area contributed by atoms with Gasteiger partial charge in [-0.2, -0.15) is 0 Å². The van der Waals surface area contributed by atoms with Crippen molar-refractivity contribution in [3.8, 4) is 0 Å². The van der Waals surface area contributed by atoms with E-state index in [1.165, 1.54) is 26.8 Å². The van der Waals surface area contributed by atoms with E-state index < -0.39 is 0 Å². The summed E-state index contributed by atoms with van der Waals surface area (Å²) in [6.45, 7) is 4.14. The molecule has 0 amide bonds. The predicted molar refractivity (Wildman–Crippen MR) is 86.2 cm³/mol. The fraction of sp³-hybridized carbons (Fsp3) is 0.235. The van der Waals surface area contributed by atoms with Crippen molar-refractivity contribution in [2.75, 3.05) is 0 Å². The fourth-order valence-electron chi connectivity index (χ4n) is 2.64. The minimum atomic E-state index is -0.0476. The van der Waals surface area contributed by atoms with Crippen LogP contribution in [0.3, 0.4) is 0 Å². The Morgan fingerprint density at radius 2 is 2.05 bits per heavy atom. The van der Waals surface area contributed by atoms with Gasteiger partial charge < -0.3 is 5.73 Å². The van der Waals surface area contributed by atoms with Crippen molar-refractivity contribution in [1.29, 1.82) is 0 Å². The van der Waals surface area contributed by atoms with Crippen LogP contribution in [-0.4, -0.2) is 4.98 Å². The average Bonchev–Trinajstić information content (AvgIpc) is 2.82. The lowest BCUT2D eigenvalue weighted by atomic mass is 10.00. The number of hydrogen-bond acceptors (Lipinski definition) is 3. The molecular weight excluding hydrogens is 264 g/mol. The Balaban J connectivity index is 1.90. The zero-order valence-corrected chi connectivity index (χ0v) is 12.6. The summed E-state index contributed by atoms with van der Waals surface area (Å²) in [5.74, 6) is 0. The van der Waals surface area contributed by atoms with Gasteiger partial charge in [-0.3, -0.25) is 4.98 Å². The number of aryl methyl sites for hydroxylation is 2. The Labute approximate surface area is 123 Å². The van der Waals surface area contributed by atoms with Gasteiger partial charge in [0.15, 0.2) is 0 Å². The number of benzene rings is 1. The van der Waals surface area contributed by atoms with E-state index in [2.05, 4.69) is 54.5 Å². The Kier molecular flexibility index (Phi) is 3.55. The van der Waals surface area contributed by atoms with Crippen molar-refractivity contribution in [3.63, 3.8) is 0 Å². The van der Waals surface area contributed by atoms with E-state index in [1.54, 1.807) is 11.3 Å². The lowest BCUT2D eigenvalue weighted by molar-refractivity contribution is 0.693. The maximum absolute atomic E-state index is 6.37. The number of thiophene rings is 1. The zero-order valence-electron chi connectivity index (χ0n) is 11.8. The Hall–Kier alpha value is -1.71. The van der Waals surface area contributed by atoms with Crippen LogP contribution in [0.25, 0.3) is 10.1 Å². The van der Waals surface area contributed by atoms with E-state index in [1.807, 2.05) is 6.20 Å². The van der Waals surface area contributed by atoms with Crippen molar-refractivity contribution in [1.82, 2.24) is 4.98 Å². The highest BCUT2D eigenvalue weighted by Crippen LogP contribution is 2.29. The number of nitrogens with zero attached hydrogens (tertiary/aromatic N) is 1. The molecule has 1 aromatic carbocycles. The zero-order chi connectivity index (χ0) is 14.1. The highest BCUT2D eigenvalue weighted by atomic mass is 32.1. The second kappa shape index (κ2) is 5.35. The standard InChI is InChI=1S/C17H18N2S/c1-11-7-12(2)17(19-9-11)15(18)8-13-10-20-16-6-4-3-5-14(13)16/h3-7,9-10,15H,8,18H2,1-2H3. The molecule has 0 saturated heterocycles. The summed E-state index contributed by atoms with van der Waals surface area (Å²) in [6, 6.07) is 10.6. The third-order valence-electron chi connectivity index (χ3n) is 3.61. The molecule has 0 saturated carbocycles. The van der Waals surface area contributed by atoms with E-state index in [9.17, 15) is 0 Å². The average molecular weight is 282 g/mol. The summed E-state index contributed by atoms with van der Waals surface area (Å²) in [5, 5.41) is 3.53. The van der Waals surface area contributed by atoms with Crippen LogP contribution in [0.2, 0.25) is 0 Å². The third-order valence-corrected chi connectivity index (χ3v) is 4.62. The second-order valence-corrected chi connectivity index (χ2v) is 6.19. The molecule has 0 spiro atoms. The molecule has 3 rings (SSSR count). The van der Waals surface area contributed by atoms with Gasteiger partial charge in [-0.1, -0.05) is 24.3 Å². The van der Waals surface area contributed by atoms with Gasteiger partial charge in [0.05, 0.1) is 11.7 Å². The van der Waals surface area contributed by atoms with E-state index in [0.717, 1.165) is 12.1 Å². The smallest absolute Gasteiger partial charge is 0.0603 e. The Morgan fingerprint density at radius 1 is 1.25 bits per heavy atom. The Morgan fingerprint density at radius 3 is 2.85 bits per heavy atom. The number of pyridine rings is 1. The monoisotopic (exact) mass is 282 g/mol. The van der Waals surface area contributed by atoms with Crippen molar-refractivity contribution in [3.05, 3.63) is 64.3 Å². The highest BCUT2D eigenvalue weighted by molar-refractivity contribution is 7.17. The molecule has 1 atom stereocenters. The van der Waals surface area contributed by atoms with E-state index >= 15 is 0 Å². The van der Waals surface area contributed by atoms with Gasteiger partial charge in [0.25, 0.3) is 0 Å². The molecule has 2 N–H and O–H groups in total. The van der Waals surface area contributed by atoms with Crippen LogP contribution in [0.5, 0.6) is 0 Å². The van der Waals surface area contributed by atoms with Gasteiger partial charge in [0.1, 0.15) is 0 Å². The highest BCUT2D eigenvalue weighted by Gasteiger charge is 2.14. The first kappa shape index (κ1) is 13.3. The van der Waals surface area contributed by atoms with Crippen LogP contribution in [-0.2, 0) is 6.42 Å². The number of aromatic nitrogens is 1. The molecule has 2 nitrogen and oxygen atoms in total. The van der Waals surface area contributed by atoms with Gasteiger partial charge in [0, 0.05) is 10.9 Å². The van der Waals surface area contributed by atoms with Gasteiger partial charge >= 0.3 is 0 Å². The maximum atomic E-state index is 6.37. The first-order chi connectivity index (χ1) is 9.65. The summed E-state index contributed by atoms with van der Waals surface area (Å²) in [7, 11) is 0. The minimum Gasteiger partial charge on any atom is -0.322 e. The first-order valence-corrected chi connectivity index (χ1v) is 7.67. The predicted octanol–water partition coefficient (Wildman–Crippen LogP) is 4.16. The summed E-state index contributed by atoms with van der Waals surface area (Å²) >= 11 is 1.78. The Bertz CT molecular complexity index is 746. The first-order valence-electron chi connectivity index (χ1n) is 6.79. The number of hydrogen-bond donors (Lipinski definition) is 1. The molecule has 3 aromatic rings. The summed E-state index contributed by atoms with van der Waals surface area (Å²) in [6.07, 6.45) is 2.73. The molecule has 0 aliphatic carbocycles. The number of rotatable bonds is 3. The fourth-order valence-corrected chi connectivity index (χ4v) is 3.61. The minimum absolute atomic E-state index is 0.0476. The lowest BCUT2D eigenvalue weighted by Gasteiger charge is -2.13. The van der Waals surface area contributed by atoms with Gasteiger partial charge in [-0.05, 0) is 53.8 Å².